The van der Waals surface area contributed by atoms with Crippen molar-refractivity contribution >= 4 is 23.3 Å². The Hall–Kier alpha value is -3.56. The summed E-state index contributed by atoms with van der Waals surface area (Å²) in [5, 5.41) is 21.8. The second kappa shape index (κ2) is 12.1. The number of carbonyl (C=O) groups is 4. The van der Waals surface area contributed by atoms with E-state index < -0.39 is 47.6 Å². The first-order valence-corrected chi connectivity index (χ1v) is 12.1. The largest absolute Gasteiger partial charge is 0.489 e. The van der Waals surface area contributed by atoms with E-state index in [1.165, 1.54) is 6.92 Å². The summed E-state index contributed by atoms with van der Waals surface area (Å²) in [6, 6.07) is 13.2. The van der Waals surface area contributed by atoms with Gasteiger partial charge in [-0.1, -0.05) is 38.1 Å². The lowest BCUT2D eigenvalue weighted by Gasteiger charge is -2.41. The first-order valence-electron chi connectivity index (χ1n) is 12.1. The van der Waals surface area contributed by atoms with Crippen LogP contribution in [0.1, 0.15) is 38.3 Å². The van der Waals surface area contributed by atoms with Gasteiger partial charge in [-0.25, -0.2) is 4.79 Å². The summed E-state index contributed by atoms with van der Waals surface area (Å²) in [5.41, 5.74) is 1.13. The zero-order valence-electron chi connectivity index (χ0n) is 21.2. The van der Waals surface area contributed by atoms with Crippen molar-refractivity contribution in [1.82, 2.24) is 5.32 Å². The van der Waals surface area contributed by atoms with E-state index in [1.54, 1.807) is 24.3 Å². The molecule has 198 valence electrons. The molecular weight excluding hydrogens is 478 g/mol. The second-order valence-corrected chi connectivity index (χ2v) is 10.0. The highest BCUT2D eigenvalue weighted by Crippen LogP contribution is 2.35. The van der Waals surface area contributed by atoms with Crippen molar-refractivity contribution in [3.63, 3.8) is 0 Å². The minimum Gasteiger partial charge on any atom is -0.489 e. The molecule has 0 bridgehead atoms. The maximum absolute atomic E-state index is 13.0. The molecule has 2 aromatic rings. The van der Waals surface area contributed by atoms with E-state index in [1.807, 2.05) is 38.1 Å². The zero-order valence-corrected chi connectivity index (χ0v) is 21.2. The number of aliphatic carboxylic acids is 1. The van der Waals surface area contributed by atoms with Crippen LogP contribution in [0.4, 0.5) is 0 Å². The number of carboxylic acid groups (broad SMARTS) is 1. The number of ether oxygens (including phenoxy) is 2. The van der Waals surface area contributed by atoms with Gasteiger partial charge in [0.05, 0.1) is 12.6 Å². The predicted octanol–water partition coefficient (Wildman–Crippen LogP) is 2.36. The van der Waals surface area contributed by atoms with Crippen molar-refractivity contribution in [1.29, 1.82) is 0 Å². The van der Waals surface area contributed by atoms with Crippen molar-refractivity contribution < 1.29 is 38.9 Å². The van der Waals surface area contributed by atoms with Crippen LogP contribution in [-0.2, 0) is 32.2 Å². The Morgan fingerprint density at radius 3 is 2.11 bits per heavy atom. The molecule has 0 heterocycles. The fourth-order valence-corrected chi connectivity index (χ4v) is 4.51. The van der Waals surface area contributed by atoms with E-state index in [4.69, 9.17) is 14.6 Å². The third-order valence-corrected chi connectivity index (χ3v) is 6.43. The van der Waals surface area contributed by atoms with E-state index >= 15 is 0 Å². The molecule has 37 heavy (non-hydrogen) atoms. The summed E-state index contributed by atoms with van der Waals surface area (Å²) in [7, 11) is 0. The lowest BCUT2D eigenvalue weighted by Crippen LogP contribution is -2.60. The molecule has 9 heteroatoms. The molecule has 0 saturated heterocycles. The van der Waals surface area contributed by atoms with Crippen molar-refractivity contribution in [2.45, 2.75) is 52.3 Å². The van der Waals surface area contributed by atoms with Gasteiger partial charge in [0, 0.05) is 12.5 Å². The first-order chi connectivity index (χ1) is 17.5. The van der Waals surface area contributed by atoms with Gasteiger partial charge < -0.3 is 25.0 Å². The lowest BCUT2D eigenvalue weighted by molar-refractivity contribution is -0.147. The lowest BCUT2D eigenvalue weighted by atomic mass is 9.66. The molecule has 0 aliphatic heterocycles. The Balaban J connectivity index is 1.57. The Morgan fingerprint density at radius 2 is 1.57 bits per heavy atom. The molecule has 9 nitrogen and oxygen atoms in total. The molecule has 3 atom stereocenters. The highest BCUT2D eigenvalue weighted by Gasteiger charge is 2.49. The number of rotatable bonds is 12. The van der Waals surface area contributed by atoms with Gasteiger partial charge in [0.1, 0.15) is 29.8 Å². The van der Waals surface area contributed by atoms with E-state index in [9.17, 15) is 24.3 Å². The van der Waals surface area contributed by atoms with Gasteiger partial charge in [-0.05, 0) is 54.2 Å². The van der Waals surface area contributed by atoms with Crippen LogP contribution in [0.15, 0.2) is 48.5 Å². The molecule has 0 aromatic heterocycles. The maximum Gasteiger partial charge on any atom is 0.341 e. The van der Waals surface area contributed by atoms with Crippen LogP contribution in [0.3, 0.4) is 0 Å². The van der Waals surface area contributed by atoms with Crippen molar-refractivity contribution in [3.05, 3.63) is 59.7 Å². The fraction of sp³-hybridized carbons (Fsp3) is 0.429. The quantitative estimate of drug-likeness (QED) is 0.367. The average molecular weight is 512 g/mol. The summed E-state index contributed by atoms with van der Waals surface area (Å²) in [5.74, 6) is -2.40. The Morgan fingerprint density at radius 1 is 1.00 bits per heavy atom. The molecule has 2 aromatic carbocycles. The number of nitrogens with one attached hydrogen (secondary N) is 1. The average Bonchev–Trinajstić information content (AvgIpc) is 2.83. The fourth-order valence-electron chi connectivity index (χ4n) is 4.51. The molecule has 3 N–H and O–H groups in total. The highest BCUT2D eigenvalue weighted by molar-refractivity contribution is 6.22. The highest BCUT2D eigenvalue weighted by atomic mass is 16.5. The molecule has 0 amide bonds. The van der Waals surface area contributed by atoms with Crippen LogP contribution in [0.2, 0.25) is 0 Å². The summed E-state index contributed by atoms with van der Waals surface area (Å²) in [6.45, 7) is 4.58. The Bertz CT molecular complexity index is 1120. The summed E-state index contributed by atoms with van der Waals surface area (Å²) < 4.78 is 10.9. The van der Waals surface area contributed by atoms with Gasteiger partial charge in [0.2, 0.25) is 0 Å². The van der Waals surface area contributed by atoms with Crippen molar-refractivity contribution in [2.24, 2.45) is 11.3 Å². The molecule has 1 saturated carbocycles. The van der Waals surface area contributed by atoms with Crippen LogP contribution in [0, 0.1) is 11.3 Å². The van der Waals surface area contributed by atoms with Gasteiger partial charge in [-0.3, -0.25) is 14.4 Å². The van der Waals surface area contributed by atoms with Gasteiger partial charge in [-0.15, -0.1) is 0 Å². The molecule has 1 fully saturated rings. The minimum atomic E-state index is -1.24. The number of hydrogen-bond donors (Lipinski definition) is 3. The third kappa shape index (κ3) is 7.47. The number of aliphatic hydroxyl groups is 1. The predicted molar refractivity (Wildman–Crippen MR) is 134 cm³/mol. The molecule has 2 unspecified atom stereocenters. The normalized spacial score (nSPS) is 19.8. The number of hydrogen-bond acceptors (Lipinski definition) is 8. The number of ketones is 3. The monoisotopic (exact) mass is 511 g/mol. The van der Waals surface area contributed by atoms with E-state index in [0.717, 1.165) is 11.1 Å². The zero-order chi connectivity index (χ0) is 27.2. The van der Waals surface area contributed by atoms with Crippen LogP contribution in [-0.4, -0.2) is 58.8 Å². The number of carboxylic acids is 1. The van der Waals surface area contributed by atoms with E-state index in [-0.39, 0.29) is 18.8 Å². The summed E-state index contributed by atoms with van der Waals surface area (Å²) >= 11 is 0. The molecular formula is C28H33NO8. The topological polar surface area (TPSA) is 139 Å². The van der Waals surface area contributed by atoms with Crippen molar-refractivity contribution in [3.8, 4) is 11.5 Å². The number of carbonyl (C=O) groups excluding carboxylic acids is 3. The first kappa shape index (κ1) is 28.0. The van der Waals surface area contributed by atoms with Gasteiger partial charge in [-0.2, -0.15) is 0 Å². The molecule has 0 spiro atoms. The van der Waals surface area contributed by atoms with Crippen molar-refractivity contribution in [2.75, 3.05) is 13.2 Å². The van der Waals surface area contributed by atoms with Gasteiger partial charge in [0.25, 0.3) is 0 Å². The summed E-state index contributed by atoms with van der Waals surface area (Å²) in [6.07, 6.45) is 0.552. The molecule has 1 aliphatic rings. The van der Waals surface area contributed by atoms with Gasteiger partial charge >= 0.3 is 5.97 Å². The number of aliphatic hydroxyl groups excluding tert-OH is 1. The van der Waals surface area contributed by atoms with Gasteiger partial charge in [0.15, 0.2) is 18.2 Å². The van der Waals surface area contributed by atoms with Crippen LogP contribution < -0.4 is 14.8 Å². The third-order valence-electron chi connectivity index (χ3n) is 6.43. The Kier molecular flexibility index (Phi) is 9.18. The van der Waals surface area contributed by atoms with E-state index in [2.05, 4.69) is 5.32 Å². The van der Waals surface area contributed by atoms with Crippen LogP contribution in [0.5, 0.6) is 11.5 Å². The summed E-state index contributed by atoms with van der Waals surface area (Å²) in [4.78, 5) is 47.8. The number of Topliss-reactive ketones (excluding diaryl/α,β-unsaturated/α-hetero) is 3. The smallest absolute Gasteiger partial charge is 0.341 e. The van der Waals surface area contributed by atoms with Crippen LogP contribution >= 0.6 is 0 Å². The second-order valence-electron chi connectivity index (χ2n) is 10.0. The SMILES string of the molecule is CC(=O)C1C(=O)CC(C)(C)C(N[C@H](CO)Cc2ccc(OCc3ccc(OCC(=O)O)cc3)cc2)C1=O. The maximum atomic E-state index is 13.0. The molecule has 3 rings (SSSR count). The van der Waals surface area contributed by atoms with Crippen LogP contribution in [0.25, 0.3) is 0 Å². The molecule has 0 radical (unpaired) electrons. The molecule has 1 aliphatic carbocycles. The van der Waals surface area contributed by atoms with E-state index in [0.29, 0.717) is 24.5 Å². The Labute approximate surface area is 215 Å². The number of benzene rings is 2. The standard InChI is InChI=1S/C28H33NO8/c1-17(31)25-23(32)13-28(2,3)27(26(25)35)29-20(14-30)12-18-4-8-21(9-5-18)36-15-19-6-10-22(11-7-19)37-16-24(33)34/h4-11,20,25,27,29-30H,12-16H2,1-3H3,(H,33,34)/t20-,25?,27?/m0/s1. The minimum absolute atomic E-state index is 0.114.